The lowest BCUT2D eigenvalue weighted by Crippen LogP contribution is -2.18. The van der Waals surface area contributed by atoms with E-state index in [1.54, 1.807) is 6.07 Å². The lowest BCUT2D eigenvalue weighted by Gasteiger charge is -2.22. The number of allylic oxidation sites excluding steroid dienone is 3. The summed E-state index contributed by atoms with van der Waals surface area (Å²) in [5, 5.41) is 10.0. The predicted molar refractivity (Wildman–Crippen MR) is 67.9 cm³/mol. The topological polar surface area (TPSA) is 37.3 Å². The van der Waals surface area contributed by atoms with E-state index in [1.807, 2.05) is 44.2 Å². The molecule has 1 aliphatic rings. The van der Waals surface area contributed by atoms with E-state index in [9.17, 15) is 9.90 Å². The lowest BCUT2D eigenvalue weighted by atomic mass is 9.84. The number of hydrogen-bond acceptors (Lipinski definition) is 2. The Balaban J connectivity index is 2.43. The van der Waals surface area contributed by atoms with E-state index in [4.69, 9.17) is 0 Å². The van der Waals surface area contributed by atoms with E-state index in [2.05, 4.69) is 0 Å². The van der Waals surface area contributed by atoms with Crippen molar-refractivity contribution in [3.05, 3.63) is 58.7 Å². The number of hydrogen-bond donors (Lipinski definition) is 1. The number of carbonyl (C=O) groups excluding carboxylic acids is 1. The van der Waals surface area contributed by atoms with Gasteiger partial charge in [0.2, 0.25) is 0 Å². The highest BCUT2D eigenvalue weighted by atomic mass is 16.3. The molecule has 2 heteroatoms. The van der Waals surface area contributed by atoms with Crippen LogP contribution in [0.15, 0.2) is 47.6 Å². The van der Waals surface area contributed by atoms with Crippen molar-refractivity contribution in [2.75, 3.05) is 0 Å². The monoisotopic (exact) mass is 228 g/mol. The molecule has 0 amide bonds. The fourth-order valence-electron chi connectivity index (χ4n) is 1.99. The van der Waals surface area contributed by atoms with E-state index in [0.29, 0.717) is 17.6 Å². The first-order valence-electron chi connectivity index (χ1n) is 5.75. The van der Waals surface area contributed by atoms with Crippen LogP contribution in [0.4, 0.5) is 0 Å². The summed E-state index contributed by atoms with van der Waals surface area (Å²) in [6.45, 7) is 3.96. The van der Waals surface area contributed by atoms with Crippen LogP contribution in [0, 0.1) is 0 Å². The summed E-state index contributed by atoms with van der Waals surface area (Å²) in [5.74, 6) is 0.0309. The normalized spacial score (nSPS) is 21.2. The first-order chi connectivity index (χ1) is 8.09. The van der Waals surface area contributed by atoms with E-state index in [1.165, 1.54) is 0 Å². The van der Waals surface area contributed by atoms with E-state index < -0.39 is 6.10 Å². The third-order valence-corrected chi connectivity index (χ3v) is 2.89. The van der Waals surface area contributed by atoms with E-state index >= 15 is 0 Å². The van der Waals surface area contributed by atoms with Crippen LogP contribution in [0.25, 0.3) is 0 Å². The van der Waals surface area contributed by atoms with Gasteiger partial charge >= 0.3 is 0 Å². The van der Waals surface area contributed by atoms with Crippen LogP contribution in [-0.4, -0.2) is 10.9 Å². The Kier molecular flexibility index (Phi) is 3.25. The highest BCUT2D eigenvalue weighted by molar-refractivity contribution is 6.11. The number of aliphatic hydroxyl groups is 1. The van der Waals surface area contributed by atoms with Gasteiger partial charge in [0.1, 0.15) is 0 Å². The fraction of sp³-hybridized carbons (Fsp3) is 0.267. The van der Waals surface area contributed by atoms with Gasteiger partial charge in [-0.3, -0.25) is 4.79 Å². The molecule has 88 valence electrons. The minimum Gasteiger partial charge on any atom is -0.388 e. The molecular weight excluding hydrogens is 212 g/mol. The Labute approximate surface area is 101 Å². The molecule has 1 aliphatic carbocycles. The minimum atomic E-state index is -0.569. The molecule has 0 fully saturated rings. The molecule has 2 rings (SSSR count). The molecule has 0 aromatic heterocycles. The number of fused-ring (bicyclic) bond motifs is 1. The molecule has 0 aliphatic heterocycles. The summed E-state index contributed by atoms with van der Waals surface area (Å²) in [7, 11) is 0. The van der Waals surface area contributed by atoms with Gasteiger partial charge in [-0.15, -0.1) is 0 Å². The van der Waals surface area contributed by atoms with Crippen LogP contribution in [0.1, 0.15) is 42.3 Å². The molecule has 0 bridgehead atoms. The maximum Gasteiger partial charge on any atom is 0.189 e. The second-order valence-electron chi connectivity index (χ2n) is 4.57. The second-order valence-corrected chi connectivity index (χ2v) is 4.57. The van der Waals surface area contributed by atoms with Crippen LogP contribution in [0.5, 0.6) is 0 Å². The van der Waals surface area contributed by atoms with Gasteiger partial charge in [0, 0.05) is 17.6 Å². The molecule has 0 heterocycles. The van der Waals surface area contributed by atoms with Crippen LogP contribution >= 0.6 is 0 Å². The van der Waals surface area contributed by atoms with Crippen molar-refractivity contribution in [3.63, 3.8) is 0 Å². The molecule has 0 spiro atoms. The Morgan fingerprint density at radius 2 is 2.06 bits per heavy atom. The first kappa shape index (κ1) is 11.8. The highest BCUT2D eigenvalue weighted by Crippen LogP contribution is 2.32. The van der Waals surface area contributed by atoms with Crippen molar-refractivity contribution in [2.24, 2.45) is 0 Å². The zero-order chi connectivity index (χ0) is 12.4. The van der Waals surface area contributed by atoms with Crippen molar-refractivity contribution in [1.29, 1.82) is 0 Å². The van der Waals surface area contributed by atoms with Gasteiger partial charge in [-0.25, -0.2) is 0 Å². The van der Waals surface area contributed by atoms with Crippen molar-refractivity contribution in [2.45, 2.75) is 26.4 Å². The smallest absolute Gasteiger partial charge is 0.189 e. The molecule has 1 aromatic rings. The van der Waals surface area contributed by atoms with Crippen LogP contribution in [0.3, 0.4) is 0 Å². The number of rotatable bonds is 1. The molecule has 0 radical (unpaired) electrons. The third-order valence-electron chi connectivity index (χ3n) is 2.89. The van der Waals surface area contributed by atoms with E-state index in [-0.39, 0.29) is 5.78 Å². The average Bonchev–Trinajstić information content (AvgIpc) is 2.32. The Morgan fingerprint density at radius 3 is 2.76 bits per heavy atom. The number of benzene rings is 1. The zero-order valence-corrected chi connectivity index (χ0v) is 10.1. The van der Waals surface area contributed by atoms with Crippen molar-refractivity contribution in [1.82, 2.24) is 0 Å². The van der Waals surface area contributed by atoms with Crippen LogP contribution in [0.2, 0.25) is 0 Å². The Morgan fingerprint density at radius 1 is 1.35 bits per heavy atom. The molecular formula is C15H16O2. The predicted octanol–water partition coefficient (Wildman–Crippen LogP) is 3.20. The minimum absolute atomic E-state index is 0.0309. The molecule has 0 saturated heterocycles. The van der Waals surface area contributed by atoms with Crippen molar-refractivity contribution >= 4 is 5.78 Å². The summed E-state index contributed by atoms with van der Waals surface area (Å²) in [4.78, 5) is 12.2. The van der Waals surface area contributed by atoms with Crippen molar-refractivity contribution < 1.29 is 9.90 Å². The first-order valence-corrected chi connectivity index (χ1v) is 5.75. The van der Waals surface area contributed by atoms with Gasteiger partial charge in [-0.2, -0.15) is 0 Å². The van der Waals surface area contributed by atoms with Crippen molar-refractivity contribution in [3.8, 4) is 0 Å². The summed E-state index contributed by atoms with van der Waals surface area (Å²) in [6.07, 6.45) is 3.56. The van der Waals surface area contributed by atoms with Gasteiger partial charge in [-0.1, -0.05) is 42.0 Å². The van der Waals surface area contributed by atoms with Gasteiger partial charge < -0.3 is 5.11 Å². The highest BCUT2D eigenvalue weighted by Gasteiger charge is 2.27. The van der Waals surface area contributed by atoms with E-state index in [0.717, 1.165) is 11.1 Å². The standard InChI is InChI=1S/C15H16O2/c1-10(2)7-8-11-9-14(16)12-5-3-4-6-13(12)15(11)17/h3-8,14,16H,9H2,1-2H3/b11-8-/t14-/m0/s1. The van der Waals surface area contributed by atoms with Gasteiger partial charge in [0.15, 0.2) is 5.78 Å². The lowest BCUT2D eigenvalue weighted by molar-refractivity contribution is 0.0977. The largest absolute Gasteiger partial charge is 0.388 e. The summed E-state index contributed by atoms with van der Waals surface area (Å²) in [5.41, 5.74) is 3.18. The SMILES string of the molecule is CC(C)=C/C=C1/C[C@H](O)c2ccccc2C1=O. The van der Waals surface area contributed by atoms with Gasteiger partial charge in [0.05, 0.1) is 6.10 Å². The Bertz CT molecular complexity index is 505. The fourth-order valence-corrected chi connectivity index (χ4v) is 1.99. The van der Waals surface area contributed by atoms with Crippen LogP contribution in [-0.2, 0) is 0 Å². The number of aliphatic hydroxyl groups excluding tert-OH is 1. The second kappa shape index (κ2) is 4.68. The summed E-state index contributed by atoms with van der Waals surface area (Å²) < 4.78 is 0. The molecule has 0 unspecified atom stereocenters. The van der Waals surface area contributed by atoms with Gasteiger partial charge in [0.25, 0.3) is 0 Å². The maximum absolute atomic E-state index is 12.2. The van der Waals surface area contributed by atoms with Gasteiger partial charge in [-0.05, 0) is 19.4 Å². The summed E-state index contributed by atoms with van der Waals surface area (Å²) >= 11 is 0. The number of Topliss-reactive ketones (excluding diaryl/α,β-unsaturated/α-hetero) is 1. The maximum atomic E-state index is 12.2. The molecule has 1 aromatic carbocycles. The average molecular weight is 228 g/mol. The molecule has 1 N–H and O–H groups in total. The molecule has 2 nitrogen and oxygen atoms in total. The number of ketones is 1. The molecule has 1 atom stereocenters. The quantitative estimate of drug-likeness (QED) is 0.749. The zero-order valence-electron chi connectivity index (χ0n) is 10.1. The van der Waals surface area contributed by atoms with Crippen LogP contribution < -0.4 is 0 Å². The third kappa shape index (κ3) is 2.37. The summed E-state index contributed by atoms with van der Waals surface area (Å²) in [6, 6.07) is 7.26. The molecule has 0 saturated carbocycles. The number of carbonyl (C=O) groups is 1. The molecule has 17 heavy (non-hydrogen) atoms. The Hall–Kier alpha value is -1.67.